The van der Waals surface area contributed by atoms with Gasteiger partial charge < -0.3 is 10.3 Å². The zero-order valence-corrected chi connectivity index (χ0v) is 7.57. The second-order valence-electron chi connectivity index (χ2n) is 2.41. The number of pyridine rings is 1. The van der Waals surface area contributed by atoms with E-state index in [1.807, 2.05) is 0 Å². The van der Waals surface area contributed by atoms with Crippen molar-refractivity contribution in [2.45, 2.75) is 5.03 Å². The van der Waals surface area contributed by atoms with Crippen LogP contribution in [-0.2, 0) is 9.84 Å². The highest BCUT2D eigenvalue weighted by Crippen LogP contribution is 2.03. The molecule has 0 fully saturated rings. The van der Waals surface area contributed by atoms with Crippen LogP contribution < -0.4 is 4.73 Å². The van der Waals surface area contributed by atoms with Crippen LogP contribution in [0.15, 0.2) is 29.4 Å². The fourth-order valence-corrected chi connectivity index (χ4v) is 1.95. The van der Waals surface area contributed by atoms with Gasteiger partial charge in [0, 0.05) is 12.1 Å². The molecule has 0 saturated carbocycles. The fourth-order valence-electron chi connectivity index (χ4n) is 0.878. The fraction of sp³-hybridized carbons (Fsp3) is 0.286. The number of sulfone groups is 1. The number of hydrogen-bond acceptors (Lipinski definition) is 4. The van der Waals surface area contributed by atoms with Crippen molar-refractivity contribution in [2.75, 3.05) is 12.4 Å². The third-order valence-corrected chi connectivity index (χ3v) is 3.14. The summed E-state index contributed by atoms with van der Waals surface area (Å²) in [5.74, 6) is -0.431. The van der Waals surface area contributed by atoms with E-state index in [2.05, 4.69) is 0 Å². The lowest BCUT2D eigenvalue weighted by atomic mass is 10.5. The third-order valence-electron chi connectivity index (χ3n) is 1.47. The Morgan fingerprint density at radius 1 is 1.46 bits per heavy atom. The Balaban J connectivity index is 3.15. The molecule has 72 valence electrons. The number of rotatable bonds is 3. The van der Waals surface area contributed by atoms with Crippen LogP contribution in [0.3, 0.4) is 0 Å². The molecule has 13 heavy (non-hydrogen) atoms. The molecule has 1 aromatic heterocycles. The molecule has 0 unspecified atom stereocenters. The predicted molar refractivity (Wildman–Crippen MR) is 44.5 cm³/mol. The normalized spacial score (nSPS) is 11.5. The minimum absolute atomic E-state index is 0.269. The van der Waals surface area contributed by atoms with E-state index >= 15 is 0 Å². The zero-order chi connectivity index (χ0) is 9.90. The molecular weight excluding hydrogens is 194 g/mol. The minimum Gasteiger partial charge on any atom is -0.618 e. The van der Waals surface area contributed by atoms with E-state index in [1.54, 1.807) is 0 Å². The summed E-state index contributed by atoms with van der Waals surface area (Å²) in [6.45, 7) is -0.489. The average Bonchev–Trinajstić information content (AvgIpc) is 2.04. The molecule has 1 heterocycles. The van der Waals surface area contributed by atoms with Crippen molar-refractivity contribution in [3.8, 4) is 0 Å². The number of nitrogens with zero attached hydrogens (tertiary/aromatic N) is 1. The van der Waals surface area contributed by atoms with Crippen molar-refractivity contribution < 1.29 is 18.3 Å². The smallest absolute Gasteiger partial charge is 0.308 e. The Labute approximate surface area is 75.8 Å². The van der Waals surface area contributed by atoms with Crippen LogP contribution >= 0.6 is 0 Å². The molecule has 1 N–H and O–H groups in total. The number of hydrogen-bond donors (Lipinski definition) is 1. The van der Waals surface area contributed by atoms with Crippen molar-refractivity contribution in [1.82, 2.24) is 0 Å². The quantitative estimate of drug-likeness (QED) is 0.509. The summed E-state index contributed by atoms with van der Waals surface area (Å²) in [6.07, 6.45) is 1.10. The molecule has 0 bridgehead atoms. The van der Waals surface area contributed by atoms with E-state index < -0.39 is 22.2 Å². The van der Waals surface area contributed by atoms with Gasteiger partial charge in [-0.15, -0.1) is 0 Å². The van der Waals surface area contributed by atoms with E-state index in [9.17, 15) is 13.6 Å². The SMILES string of the molecule is O=S(=O)(CCO)c1cccc[n+]1[O-]. The maximum atomic E-state index is 11.3. The van der Waals surface area contributed by atoms with Gasteiger partial charge in [-0.3, -0.25) is 0 Å². The maximum absolute atomic E-state index is 11.3. The molecule has 0 amide bonds. The van der Waals surface area contributed by atoms with Crippen molar-refractivity contribution in [2.24, 2.45) is 0 Å². The van der Waals surface area contributed by atoms with Gasteiger partial charge in [-0.2, -0.15) is 4.73 Å². The molecule has 0 aliphatic carbocycles. The van der Waals surface area contributed by atoms with Gasteiger partial charge in [-0.05, 0) is 6.07 Å². The standard InChI is InChI=1S/C7H9NO4S/c9-5-6-13(11,12)7-3-1-2-4-8(7)10/h1-4,9H,5-6H2. The first kappa shape index (κ1) is 9.94. The third kappa shape index (κ3) is 2.16. The molecule has 0 radical (unpaired) electrons. The molecule has 6 heteroatoms. The van der Waals surface area contributed by atoms with Gasteiger partial charge in [0.2, 0.25) is 9.84 Å². The highest BCUT2D eigenvalue weighted by atomic mass is 32.2. The van der Waals surface area contributed by atoms with Crippen LogP contribution in [0.25, 0.3) is 0 Å². The molecule has 0 aliphatic heterocycles. The zero-order valence-electron chi connectivity index (χ0n) is 6.75. The predicted octanol–water partition coefficient (Wildman–Crippen LogP) is -0.914. The Morgan fingerprint density at radius 2 is 2.15 bits per heavy atom. The average molecular weight is 203 g/mol. The molecule has 0 aliphatic rings. The van der Waals surface area contributed by atoms with Gasteiger partial charge in [0.25, 0.3) is 0 Å². The Hall–Kier alpha value is -1.14. The van der Waals surface area contributed by atoms with E-state index in [-0.39, 0.29) is 9.76 Å². The number of aliphatic hydroxyl groups is 1. The Kier molecular flexibility index (Phi) is 2.84. The molecule has 1 aromatic rings. The van der Waals surface area contributed by atoms with E-state index in [0.717, 1.165) is 6.20 Å². The highest BCUT2D eigenvalue weighted by molar-refractivity contribution is 7.91. The number of aliphatic hydroxyl groups excluding tert-OH is 1. The van der Waals surface area contributed by atoms with Crippen LogP contribution in [-0.4, -0.2) is 25.9 Å². The van der Waals surface area contributed by atoms with Crippen molar-refractivity contribution in [1.29, 1.82) is 0 Å². The lowest BCUT2D eigenvalue weighted by Gasteiger charge is -2.02. The molecule has 0 saturated heterocycles. The molecule has 5 nitrogen and oxygen atoms in total. The van der Waals surface area contributed by atoms with Crippen LogP contribution in [0.2, 0.25) is 0 Å². The first-order valence-corrected chi connectivity index (χ1v) is 5.25. The molecule has 1 rings (SSSR count). The van der Waals surface area contributed by atoms with Crippen LogP contribution in [0.5, 0.6) is 0 Å². The number of aromatic nitrogens is 1. The van der Waals surface area contributed by atoms with Gasteiger partial charge in [0.15, 0.2) is 6.20 Å². The highest BCUT2D eigenvalue weighted by Gasteiger charge is 2.21. The maximum Gasteiger partial charge on any atom is 0.308 e. The second-order valence-corrected chi connectivity index (χ2v) is 4.46. The lowest BCUT2D eigenvalue weighted by Crippen LogP contribution is -2.34. The summed E-state index contributed by atoms with van der Waals surface area (Å²) < 4.78 is 22.8. The topological polar surface area (TPSA) is 81.3 Å². The van der Waals surface area contributed by atoms with Crippen molar-refractivity contribution in [3.63, 3.8) is 0 Å². The summed E-state index contributed by atoms with van der Waals surface area (Å²) in [5, 5.41) is 19.1. The summed E-state index contributed by atoms with van der Waals surface area (Å²) in [6, 6.07) is 4.10. The van der Waals surface area contributed by atoms with Crippen molar-refractivity contribution in [3.05, 3.63) is 29.6 Å². The summed E-state index contributed by atoms with van der Waals surface area (Å²) >= 11 is 0. The second kappa shape index (κ2) is 3.71. The Bertz CT molecular complexity index is 387. The summed E-state index contributed by atoms with van der Waals surface area (Å²) in [5.41, 5.74) is 0. The lowest BCUT2D eigenvalue weighted by molar-refractivity contribution is -0.646. The molecule has 0 spiro atoms. The molecule has 0 atom stereocenters. The van der Waals surface area contributed by atoms with E-state index in [1.165, 1.54) is 18.2 Å². The first-order valence-electron chi connectivity index (χ1n) is 3.60. The van der Waals surface area contributed by atoms with E-state index in [4.69, 9.17) is 5.11 Å². The van der Waals surface area contributed by atoms with Gasteiger partial charge in [-0.1, -0.05) is 0 Å². The van der Waals surface area contributed by atoms with Crippen LogP contribution in [0, 0.1) is 5.21 Å². The van der Waals surface area contributed by atoms with E-state index in [0.29, 0.717) is 0 Å². The Morgan fingerprint density at radius 3 is 2.69 bits per heavy atom. The van der Waals surface area contributed by atoms with Gasteiger partial charge in [0.05, 0.1) is 12.4 Å². The van der Waals surface area contributed by atoms with Gasteiger partial charge in [0.1, 0.15) is 0 Å². The molecule has 0 aromatic carbocycles. The van der Waals surface area contributed by atoms with Crippen LogP contribution in [0.1, 0.15) is 0 Å². The molecular formula is C7H9NO4S. The van der Waals surface area contributed by atoms with Gasteiger partial charge in [-0.25, -0.2) is 8.42 Å². The first-order chi connectivity index (χ1) is 6.08. The summed E-state index contributed by atoms with van der Waals surface area (Å²) in [7, 11) is -3.64. The summed E-state index contributed by atoms with van der Waals surface area (Å²) in [4.78, 5) is 0. The monoisotopic (exact) mass is 203 g/mol. The largest absolute Gasteiger partial charge is 0.618 e. The van der Waals surface area contributed by atoms with Crippen molar-refractivity contribution >= 4 is 9.84 Å². The van der Waals surface area contributed by atoms with Gasteiger partial charge >= 0.3 is 5.03 Å². The minimum atomic E-state index is -3.64. The van der Waals surface area contributed by atoms with Crippen LogP contribution in [0.4, 0.5) is 0 Å².